The first-order chi connectivity index (χ1) is 13.2. The second-order valence-electron chi connectivity index (χ2n) is 7.45. The van der Waals surface area contributed by atoms with Crippen LogP contribution in [0, 0.1) is 5.92 Å². The highest BCUT2D eigenvalue weighted by Gasteiger charge is 2.27. The van der Waals surface area contributed by atoms with E-state index in [4.69, 9.17) is 4.74 Å². The molecule has 6 nitrogen and oxygen atoms in total. The van der Waals surface area contributed by atoms with Gasteiger partial charge in [0.25, 0.3) is 0 Å². The van der Waals surface area contributed by atoms with E-state index < -0.39 is 6.10 Å². The number of nitrogens with zero attached hydrogens (tertiary/aromatic N) is 3. The van der Waals surface area contributed by atoms with Crippen LogP contribution >= 0.6 is 0 Å². The SMILES string of the molecule is CCOc1ccc(C(O)C2CCN(c3cc(NC4CC4)ncn3)CC2)cc1. The standard InChI is InChI=1S/C21H28N4O2/c1-2-27-18-7-3-15(4-8-18)21(26)16-9-11-25(12-10-16)20-13-19(22-14-23-20)24-17-5-6-17/h3-4,7-8,13-14,16-17,21,26H,2,5-6,9-12H2,1H3,(H,22,23,24). The molecular formula is C21H28N4O2. The van der Waals surface area contributed by atoms with Gasteiger partial charge in [-0.1, -0.05) is 12.1 Å². The van der Waals surface area contributed by atoms with Gasteiger partial charge in [0.15, 0.2) is 0 Å². The fourth-order valence-corrected chi connectivity index (χ4v) is 3.68. The fourth-order valence-electron chi connectivity index (χ4n) is 3.68. The Morgan fingerprint density at radius 2 is 1.89 bits per heavy atom. The van der Waals surface area contributed by atoms with Gasteiger partial charge in [0.2, 0.25) is 0 Å². The molecule has 144 valence electrons. The molecule has 1 unspecified atom stereocenters. The van der Waals surface area contributed by atoms with Crippen LogP contribution in [0.5, 0.6) is 5.75 Å². The third-order valence-corrected chi connectivity index (χ3v) is 5.42. The summed E-state index contributed by atoms with van der Waals surface area (Å²) in [5.74, 6) is 3.01. The molecule has 1 aliphatic heterocycles. The maximum atomic E-state index is 10.8. The van der Waals surface area contributed by atoms with Gasteiger partial charge in [-0.15, -0.1) is 0 Å². The molecule has 6 heteroatoms. The van der Waals surface area contributed by atoms with Crippen LogP contribution < -0.4 is 15.0 Å². The normalized spacial score (nSPS) is 19.0. The predicted octanol–water partition coefficient (Wildman–Crippen LogP) is 3.40. The topological polar surface area (TPSA) is 70.5 Å². The summed E-state index contributed by atoms with van der Waals surface area (Å²) in [4.78, 5) is 11.1. The largest absolute Gasteiger partial charge is 0.494 e. The molecule has 27 heavy (non-hydrogen) atoms. The van der Waals surface area contributed by atoms with E-state index in [9.17, 15) is 5.11 Å². The number of piperidine rings is 1. The van der Waals surface area contributed by atoms with Crippen molar-refractivity contribution in [2.45, 2.75) is 44.8 Å². The summed E-state index contributed by atoms with van der Waals surface area (Å²) in [6.45, 7) is 4.43. The zero-order valence-corrected chi connectivity index (χ0v) is 15.8. The minimum atomic E-state index is -0.430. The van der Waals surface area contributed by atoms with Crippen LogP contribution in [-0.2, 0) is 0 Å². The molecule has 1 aromatic carbocycles. The van der Waals surface area contributed by atoms with Gasteiger partial charge in [0.1, 0.15) is 23.7 Å². The van der Waals surface area contributed by atoms with Gasteiger partial charge in [-0.2, -0.15) is 0 Å². The van der Waals surface area contributed by atoms with E-state index in [2.05, 4.69) is 20.2 Å². The number of hydrogen-bond acceptors (Lipinski definition) is 6. The zero-order chi connectivity index (χ0) is 18.6. The summed E-state index contributed by atoms with van der Waals surface area (Å²) in [5.41, 5.74) is 0.967. The summed E-state index contributed by atoms with van der Waals surface area (Å²) < 4.78 is 5.48. The molecule has 2 heterocycles. The van der Waals surface area contributed by atoms with Crippen LogP contribution in [0.4, 0.5) is 11.6 Å². The number of ether oxygens (including phenoxy) is 1. The van der Waals surface area contributed by atoms with Crippen molar-refractivity contribution in [3.63, 3.8) is 0 Å². The lowest BCUT2D eigenvalue weighted by Gasteiger charge is -2.35. The molecule has 2 fully saturated rings. The van der Waals surface area contributed by atoms with Crippen molar-refractivity contribution in [2.75, 3.05) is 29.9 Å². The molecule has 0 amide bonds. The fraction of sp³-hybridized carbons (Fsp3) is 0.524. The first-order valence-electron chi connectivity index (χ1n) is 9.97. The van der Waals surface area contributed by atoms with Gasteiger partial charge in [-0.25, -0.2) is 9.97 Å². The molecule has 1 saturated heterocycles. The van der Waals surface area contributed by atoms with Crippen molar-refractivity contribution in [1.29, 1.82) is 0 Å². The minimum Gasteiger partial charge on any atom is -0.494 e. The maximum Gasteiger partial charge on any atom is 0.134 e. The Hall–Kier alpha value is -2.34. The highest BCUT2D eigenvalue weighted by molar-refractivity contribution is 5.49. The van der Waals surface area contributed by atoms with E-state index in [1.807, 2.05) is 37.3 Å². The van der Waals surface area contributed by atoms with Crippen LogP contribution in [0.25, 0.3) is 0 Å². The summed E-state index contributed by atoms with van der Waals surface area (Å²) in [7, 11) is 0. The van der Waals surface area contributed by atoms with Crippen molar-refractivity contribution in [2.24, 2.45) is 5.92 Å². The molecule has 1 atom stereocenters. The number of anilines is 2. The lowest BCUT2D eigenvalue weighted by atomic mass is 9.87. The third-order valence-electron chi connectivity index (χ3n) is 5.42. The summed E-state index contributed by atoms with van der Waals surface area (Å²) >= 11 is 0. The second kappa shape index (κ2) is 8.13. The van der Waals surface area contributed by atoms with Crippen LogP contribution in [-0.4, -0.2) is 40.8 Å². The van der Waals surface area contributed by atoms with Crippen LogP contribution in [0.3, 0.4) is 0 Å². The molecule has 2 aliphatic rings. The lowest BCUT2D eigenvalue weighted by Crippen LogP contribution is -2.36. The van der Waals surface area contributed by atoms with Gasteiger partial charge >= 0.3 is 0 Å². The zero-order valence-electron chi connectivity index (χ0n) is 15.8. The Labute approximate surface area is 160 Å². The van der Waals surface area contributed by atoms with Gasteiger partial charge in [0.05, 0.1) is 12.7 Å². The highest BCUT2D eigenvalue weighted by Crippen LogP contribution is 2.33. The first-order valence-corrected chi connectivity index (χ1v) is 9.97. The van der Waals surface area contributed by atoms with E-state index in [-0.39, 0.29) is 5.92 Å². The van der Waals surface area contributed by atoms with Gasteiger partial charge < -0.3 is 20.1 Å². The Kier molecular flexibility index (Phi) is 5.43. The average Bonchev–Trinajstić information content (AvgIpc) is 3.53. The summed E-state index contributed by atoms with van der Waals surface area (Å²) in [6.07, 6.45) is 5.57. The van der Waals surface area contributed by atoms with Gasteiger partial charge in [-0.05, 0) is 56.2 Å². The minimum absolute atomic E-state index is 0.269. The Balaban J connectivity index is 1.34. The monoisotopic (exact) mass is 368 g/mol. The van der Waals surface area contributed by atoms with Crippen LogP contribution in [0.15, 0.2) is 36.7 Å². The Bertz CT molecular complexity index is 740. The van der Waals surface area contributed by atoms with E-state index in [1.165, 1.54) is 12.8 Å². The molecule has 1 aliphatic carbocycles. The van der Waals surface area contributed by atoms with E-state index in [0.29, 0.717) is 12.6 Å². The van der Waals surface area contributed by atoms with Gasteiger partial charge in [-0.3, -0.25) is 0 Å². The molecule has 0 spiro atoms. The number of nitrogens with one attached hydrogen (secondary N) is 1. The first kappa shape index (κ1) is 18.0. The van der Waals surface area contributed by atoms with Crippen molar-refractivity contribution in [1.82, 2.24) is 9.97 Å². The molecule has 1 aromatic heterocycles. The van der Waals surface area contributed by atoms with E-state index >= 15 is 0 Å². The van der Waals surface area contributed by atoms with Crippen molar-refractivity contribution >= 4 is 11.6 Å². The average molecular weight is 368 g/mol. The molecule has 2 aromatic rings. The molecule has 1 saturated carbocycles. The number of benzene rings is 1. The maximum absolute atomic E-state index is 10.8. The second-order valence-corrected chi connectivity index (χ2v) is 7.45. The Morgan fingerprint density at radius 1 is 1.15 bits per heavy atom. The number of hydrogen-bond donors (Lipinski definition) is 2. The number of aliphatic hydroxyl groups excluding tert-OH is 1. The highest BCUT2D eigenvalue weighted by atomic mass is 16.5. The molecular weight excluding hydrogens is 340 g/mol. The van der Waals surface area contributed by atoms with Gasteiger partial charge in [0, 0.05) is 25.2 Å². The van der Waals surface area contributed by atoms with Crippen LogP contribution in [0.2, 0.25) is 0 Å². The quantitative estimate of drug-likeness (QED) is 0.781. The van der Waals surface area contributed by atoms with Crippen LogP contribution in [0.1, 0.15) is 44.3 Å². The number of aromatic nitrogens is 2. The summed E-state index contributed by atoms with van der Waals surface area (Å²) in [5, 5.41) is 14.2. The predicted molar refractivity (Wildman–Crippen MR) is 106 cm³/mol. The van der Waals surface area contributed by atoms with Crippen molar-refractivity contribution in [3.05, 3.63) is 42.2 Å². The van der Waals surface area contributed by atoms with Crippen molar-refractivity contribution in [3.8, 4) is 5.75 Å². The number of rotatable bonds is 7. The Morgan fingerprint density at radius 3 is 2.56 bits per heavy atom. The molecule has 0 bridgehead atoms. The molecule has 4 rings (SSSR count). The van der Waals surface area contributed by atoms with E-state index in [1.54, 1.807) is 6.33 Å². The summed E-state index contributed by atoms with van der Waals surface area (Å²) in [6, 6.07) is 10.5. The third kappa shape index (κ3) is 4.50. The lowest BCUT2D eigenvalue weighted by molar-refractivity contribution is 0.0928. The molecule has 2 N–H and O–H groups in total. The number of aliphatic hydroxyl groups is 1. The van der Waals surface area contributed by atoms with Crippen molar-refractivity contribution < 1.29 is 9.84 Å². The smallest absolute Gasteiger partial charge is 0.134 e. The molecule has 0 radical (unpaired) electrons. The van der Waals surface area contributed by atoms with E-state index in [0.717, 1.165) is 48.9 Å².